The Labute approximate surface area is 78.1 Å². The standard InChI is InChI=1S/C4H7NO4.C4H10/c1-9-4(8)5-2-3(6)7;1-4(2)3/h2H2,1H3,(H,5,8)(H,6,7);4H,1-3H3. The number of carboxylic acids is 1. The molecule has 0 spiro atoms. The van der Waals surface area contributed by atoms with E-state index < -0.39 is 18.6 Å². The highest BCUT2D eigenvalue weighted by Crippen LogP contribution is 1.81. The summed E-state index contributed by atoms with van der Waals surface area (Å²) in [6.07, 6.45) is -0.739. The summed E-state index contributed by atoms with van der Waals surface area (Å²) in [6.45, 7) is 6.09. The predicted octanol–water partition coefficient (Wildman–Crippen LogP) is 1.09. The second-order valence-corrected chi connectivity index (χ2v) is 2.97. The van der Waals surface area contributed by atoms with Crippen LogP contribution in [0.5, 0.6) is 0 Å². The van der Waals surface area contributed by atoms with E-state index in [9.17, 15) is 9.59 Å². The van der Waals surface area contributed by atoms with Gasteiger partial charge in [0.15, 0.2) is 0 Å². The zero-order valence-corrected chi connectivity index (χ0v) is 8.46. The van der Waals surface area contributed by atoms with Crippen molar-refractivity contribution in [2.45, 2.75) is 20.8 Å². The molecule has 78 valence electrons. The first-order valence-electron chi connectivity index (χ1n) is 3.93. The Kier molecular flexibility index (Phi) is 9.70. The molecule has 0 aromatic carbocycles. The molecule has 0 saturated heterocycles. The zero-order valence-electron chi connectivity index (χ0n) is 8.46. The number of rotatable bonds is 2. The van der Waals surface area contributed by atoms with Crippen LogP contribution in [0.2, 0.25) is 0 Å². The molecule has 0 atom stereocenters. The number of alkyl carbamates (subject to hydrolysis) is 1. The SMILES string of the molecule is CC(C)C.COC(=O)NCC(=O)O. The molecule has 0 aliphatic carbocycles. The van der Waals surface area contributed by atoms with Crippen LogP contribution >= 0.6 is 0 Å². The van der Waals surface area contributed by atoms with Crippen molar-refractivity contribution in [1.29, 1.82) is 0 Å². The molecule has 0 fully saturated rings. The van der Waals surface area contributed by atoms with Gasteiger partial charge in [-0.15, -0.1) is 0 Å². The lowest BCUT2D eigenvalue weighted by atomic mass is 10.3. The molecule has 0 aliphatic heterocycles. The normalized spacial score (nSPS) is 8.38. The van der Waals surface area contributed by atoms with Crippen LogP contribution in [-0.4, -0.2) is 30.8 Å². The van der Waals surface area contributed by atoms with Gasteiger partial charge in [-0.25, -0.2) is 4.79 Å². The summed E-state index contributed by atoms with van der Waals surface area (Å²) in [5.41, 5.74) is 0. The van der Waals surface area contributed by atoms with Crippen LogP contribution in [0.3, 0.4) is 0 Å². The molecule has 2 N–H and O–H groups in total. The van der Waals surface area contributed by atoms with Crippen molar-refractivity contribution in [3.63, 3.8) is 0 Å². The Hall–Kier alpha value is -1.26. The van der Waals surface area contributed by atoms with Crippen molar-refractivity contribution in [2.24, 2.45) is 5.92 Å². The van der Waals surface area contributed by atoms with Crippen molar-refractivity contribution in [1.82, 2.24) is 5.32 Å². The lowest BCUT2D eigenvalue weighted by Crippen LogP contribution is -2.28. The van der Waals surface area contributed by atoms with Crippen LogP contribution in [0.4, 0.5) is 4.79 Å². The van der Waals surface area contributed by atoms with Gasteiger partial charge in [-0.3, -0.25) is 4.79 Å². The van der Waals surface area contributed by atoms with E-state index in [0.717, 1.165) is 13.0 Å². The number of hydrogen-bond acceptors (Lipinski definition) is 3. The van der Waals surface area contributed by atoms with Gasteiger partial charge in [0, 0.05) is 0 Å². The number of ether oxygens (including phenoxy) is 1. The van der Waals surface area contributed by atoms with E-state index in [0.29, 0.717) is 0 Å². The molecule has 0 heterocycles. The summed E-state index contributed by atoms with van der Waals surface area (Å²) < 4.78 is 4.09. The van der Waals surface area contributed by atoms with E-state index in [-0.39, 0.29) is 0 Å². The fraction of sp³-hybridized carbons (Fsp3) is 0.750. The third kappa shape index (κ3) is 24.9. The summed E-state index contributed by atoms with van der Waals surface area (Å²) in [5.74, 6) is -0.264. The van der Waals surface area contributed by atoms with Gasteiger partial charge in [0.1, 0.15) is 6.54 Å². The van der Waals surface area contributed by atoms with E-state index in [1.54, 1.807) is 0 Å². The summed E-state index contributed by atoms with van der Waals surface area (Å²) in [4.78, 5) is 19.9. The average Bonchev–Trinajstić information content (AvgIpc) is 1.99. The highest BCUT2D eigenvalue weighted by atomic mass is 16.5. The number of nitrogens with one attached hydrogen (secondary N) is 1. The van der Waals surface area contributed by atoms with Gasteiger partial charge in [-0.2, -0.15) is 0 Å². The van der Waals surface area contributed by atoms with Crippen molar-refractivity contribution in [3.05, 3.63) is 0 Å². The van der Waals surface area contributed by atoms with E-state index in [4.69, 9.17) is 5.11 Å². The number of carbonyl (C=O) groups is 2. The van der Waals surface area contributed by atoms with Crippen LogP contribution in [0.15, 0.2) is 0 Å². The van der Waals surface area contributed by atoms with Crippen LogP contribution in [0.1, 0.15) is 20.8 Å². The Morgan fingerprint density at radius 2 is 1.77 bits per heavy atom. The topological polar surface area (TPSA) is 75.6 Å². The molecule has 5 nitrogen and oxygen atoms in total. The van der Waals surface area contributed by atoms with Gasteiger partial charge < -0.3 is 15.2 Å². The Morgan fingerprint density at radius 3 is 2.00 bits per heavy atom. The monoisotopic (exact) mass is 191 g/mol. The molecular formula is C8H17NO4. The molecule has 0 aromatic heterocycles. The van der Waals surface area contributed by atoms with Gasteiger partial charge in [0.05, 0.1) is 7.11 Å². The fourth-order valence-electron chi connectivity index (χ4n) is 0.220. The Morgan fingerprint density at radius 1 is 1.38 bits per heavy atom. The van der Waals surface area contributed by atoms with E-state index in [2.05, 4.69) is 25.5 Å². The molecule has 13 heavy (non-hydrogen) atoms. The molecule has 0 aliphatic rings. The number of carboxylic acid groups (broad SMARTS) is 1. The van der Waals surface area contributed by atoms with Crippen LogP contribution < -0.4 is 5.32 Å². The van der Waals surface area contributed by atoms with Crippen molar-refractivity contribution in [2.75, 3.05) is 13.7 Å². The van der Waals surface area contributed by atoms with Crippen molar-refractivity contribution >= 4 is 12.1 Å². The number of amides is 1. The van der Waals surface area contributed by atoms with Gasteiger partial charge in [-0.05, 0) is 5.92 Å². The third-order valence-corrected chi connectivity index (χ3v) is 0.569. The molecule has 1 amide bonds. The summed E-state index contributed by atoms with van der Waals surface area (Å²) in [7, 11) is 1.16. The molecule has 0 aromatic rings. The Bertz CT molecular complexity index is 153. The lowest BCUT2D eigenvalue weighted by molar-refractivity contribution is -0.135. The second kappa shape index (κ2) is 8.83. The smallest absolute Gasteiger partial charge is 0.407 e. The highest BCUT2D eigenvalue weighted by molar-refractivity contribution is 5.76. The third-order valence-electron chi connectivity index (χ3n) is 0.569. The fourth-order valence-corrected chi connectivity index (χ4v) is 0.220. The van der Waals surface area contributed by atoms with E-state index >= 15 is 0 Å². The lowest BCUT2D eigenvalue weighted by Gasteiger charge is -1.96. The maximum atomic E-state index is 10.1. The molecule has 0 bridgehead atoms. The quantitative estimate of drug-likeness (QED) is 0.685. The van der Waals surface area contributed by atoms with Crippen LogP contribution in [0.25, 0.3) is 0 Å². The predicted molar refractivity (Wildman–Crippen MR) is 48.6 cm³/mol. The summed E-state index contributed by atoms with van der Waals surface area (Å²) >= 11 is 0. The maximum absolute atomic E-state index is 10.1. The minimum absolute atomic E-state index is 0.410. The van der Waals surface area contributed by atoms with Crippen molar-refractivity contribution < 1.29 is 19.4 Å². The molecular weight excluding hydrogens is 174 g/mol. The van der Waals surface area contributed by atoms with Crippen LogP contribution in [0, 0.1) is 5.92 Å². The van der Waals surface area contributed by atoms with Gasteiger partial charge in [0.2, 0.25) is 0 Å². The summed E-state index contributed by atoms with van der Waals surface area (Å²) in [6, 6.07) is 0. The number of aliphatic carboxylic acids is 1. The van der Waals surface area contributed by atoms with Gasteiger partial charge in [-0.1, -0.05) is 20.8 Å². The molecule has 0 rings (SSSR count). The van der Waals surface area contributed by atoms with Gasteiger partial charge >= 0.3 is 12.1 Å². The number of hydrogen-bond donors (Lipinski definition) is 2. The first-order chi connectivity index (χ1) is 5.90. The van der Waals surface area contributed by atoms with Crippen LogP contribution in [-0.2, 0) is 9.53 Å². The molecule has 0 unspecified atom stereocenters. The van der Waals surface area contributed by atoms with Crippen molar-refractivity contribution in [3.8, 4) is 0 Å². The molecule has 0 radical (unpaired) electrons. The van der Waals surface area contributed by atoms with Gasteiger partial charge in [0.25, 0.3) is 0 Å². The molecule has 5 heteroatoms. The largest absolute Gasteiger partial charge is 0.480 e. The van der Waals surface area contributed by atoms with E-state index in [1.165, 1.54) is 0 Å². The highest BCUT2D eigenvalue weighted by Gasteiger charge is 1.99. The maximum Gasteiger partial charge on any atom is 0.407 e. The average molecular weight is 191 g/mol. The number of methoxy groups -OCH3 is 1. The first-order valence-corrected chi connectivity index (χ1v) is 3.93. The zero-order chi connectivity index (χ0) is 10.9. The second-order valence-electron chi connectivity index (χ2n) is 2.97. The first kappa shape index (κ1) is 14.3. The Balaban J connectivity index is 0. The minimum atomic E-state index is -1.10. The summed E-state index contributed by atoms with van der Waals surface area (Å²) in [5, 5.41) is 9.96. The molecule has 0 saturated carbocycles. The number of carbonyl (C=O) groups excluding carboxylic acids is 1. The minimum Gasteiger partial charge on any atom is -0.480 e. The van der Waals surface area contributed by atoms with E-state index in [1.807, 2.05) is 5.32 Å².